The predicted molar refractivity (Wildman–Crippen MR) is 211 cm³/mol. The van der Waals surface area contributed by atoms with Gasteiger partial charge in [0.15, 0.2) is 0 Å². The van der Waals surface area contributed by atoms with Crippen LogP contribution >= 0.6 is 0 Å². The Kier molecular flexibility index (Phi) is 9.33. The number of aliphatic carboxylic acids is 3. The Morgan fingerprint density at radius 2 is 1.34 bits per heavy atom. The number of carbonyl (C=O) groups is 3. The standard InChI is InChI=1S/C45H55F2N4O6Si/c46-44(40(54)55,29-8-11-49-19-29)16-25-4-2-6-27(14-25)22-51(21-26-5-1-3-24(13-26)15-32(58)45(47,41(56)57)30-9-12-50-20-30)23-43-36-33-35-34(36)38(43)42(35,37(33)43)17-31(39(52)53)28-7-10-48-18-28/h1-6,13-14,28-38,48-50H,7-12,15-23H2,(H,52,53)(H,54,55)(H,56,57)/t28-,29-,30-,31+,32+,33?,34?,35?,36?,37?,38?,42?,43?,44-,45+/m0/s1. The largest absolute Gasteiger partial charge is 0.481 e. The molecule has 2 aromatic rings. The molecule has 11 atom stereocenters. The van der Waals surface area contributed by atoms with Crippen LogP contribution in [-0.2, 0) is 40.3 Å². The summed E-state index contributed by atoms with van der Waals surface area (Å²) >= 11 is 0. The molecule has 0 bridgehead atoms. The van der Waals surface area contributed by atoms with E-state index in [-0.39, 0.29) is 35.5 Å². The Hall–Kier alpha value is -3.23. The molecule has 0 spiro atoms. The SMILES string of the molecule is O=C(O)[C@H](CC12C3C4C5C3C1C5(CN(Cc1cccc(C[C@@H]([Si])[C@@](F)(C(=O)O)[C@H]3CCNC3)c1)Cc1cccc(C[C@@](F)(C(=O)O)[C@H]3CCNC3)c1)C42)[C@H]1CCNC1. The topological polar surface area (TPSA) is 151 Å². The molecule has 3 heterocycles. The summed E-state index contributed by atoms with van der Waals surface area (Å²) in [5.74, 6) is -0.926. The molecule has 6 aliphatic carbocycles. The zero-order chi connectivity index (χ0) is 40.4. The number of halogens is 2. The van der Waals surface area contributed by atoms with Gasteiger partial charge in [-0.05, 0) is 138 Å². The number of benzene rings is 2. The van der Waals surface area contributed by atoms with Crippen molar-refractivity contribution in [2.45, 2.75) is 68.5 Å². The van der Waals surface area contributed by atoms with E-state index in [1.165, 1.54) is 0 Å². The monoisotopic (exact) mass is 813 g/mol. The number of carboxylic acids is 3. The van der Waals surface area contributed by atoms with Crippen molar-refractivity contribution in [1.29, 1.82) is 0 Å². The van der Waals surface area contributed by atoms with E-state index in [0.717, 1.165) is 61.0 Å². The maximum atomic E-state index is 16.3. The van der Waals surface area contributed by atoms with Crippen molar-refractivity contribution in [3.63, 3.8) is 0 Å². The lowest BCUT2D eigenvalue weighted by Gasteiger charge is -3.12. The zero-order valence-electron chi connectivity index (χ0n) is 32.8. The van der Waals surface area contributed by atoms with Gasteiger partial charge in [0.25, 0.3) is 0 Å². The Morgan fingerprint density at radius 3 is 1.91 bits per heavy atom. The van der Waals surface area contributed by atoms with Gasteiger partial charge in [0.1, 0.15) is 0 Å². The zero-order valence-corrected chi connectivity index (χ0v) is 33.8. The van der Waals surface area contributed by atoms with Crippen molar-refractivity contribution in [3.05, 3.63) is 70.8 Å². The second kappa shape index (κ2) is 13.9. The Bertz CT molecular complexity index is 1970. The maximum absolute atomic E-state index is 16.3. The van der Waals surface area contributed by atoms with Crippen LogP contribution in [0.15, 0.2) is 48.5 Å². The second-order valence-corrected chi connectivity index (χ2v) is 20.3. The third kappa shape index (κ3) is 5.34. The van der Waals surface area contributed by atoms with Gasteiger partial charge in [-0.15, -0.1) is 0 Å². The summed E-state index contributed by atoms with van der Waals surface area (Å²) in [5, 5.41) is 40.1. The number of alkyl halides is 2. The number of rotatable bonds is 19. The van der Waals surface area contributed by atoms with Crippen LogP contribution in [0.3, 0.4) is 0 Å². The molecule has 6 N–H and O–H groups in total. The third-order valence-electron chi connectivity index (χ3n) is 17.3. The number of nitrogens with one attached hydrogen (secondary N) is 3. The number of carboxylic acid groups (broad SMARTS) is 3. The Morgan fingerprint density at radius 1 is 0.776 bits per heavy atom. The van der Waals surface area contributed by atoms with Crippen LogP contribution < -0.4 is 16.0 Å². The third-order valence-corrected chi connectivity index (χ3v) is 17.9. The van der Waals surface area contributed by atoms with Gasteiger partial charge in [-0.1, -0.05) is 48.5 Å². The Balaban J connectivity index is 0.904. The average Bonchev–Trinajstić information content (AvgIpc) is 4.02. The predicted octanol–water partition coefficient (Wildman–Crippen LogP) is 3.97. The first kappa shape index (κ1) is 38.9. The van der Waals surface area contributed by atoms with Gasteiger partial charge in [-0.2, -0.15) is 0 Å². The highest BCUT2D eigenvalue weighted by Crippen LogP contribution is 3.11. The van der Waals surface area contributed by atoms with Crippen LogP contribution in [-0.4, -0.2) is 106 Å². The molecule has 58 heavy (non-hydrogen) atoms. The van der Waals surface area contributed by atoms with E-state index in [0.29, 0.717) is 81.3 Å². The number of nitrogens with zero attached hydrogens (tertiary/aromatic N) is 1. The van der Waals surface area contributed by atoms with Gasteiger partial charge in [-0.25, -0.2) is 18.4 Å². The molecule has 11 rings (SSSR count). The molecule has 9 aliphatic rings. The molecule has 10 nitrogen and oxygen atoms in total. The molecule has 309 valence electrons. The molecule has 2 aromatic carbocycles. The van der Waals surface area contributed by atoms with Gasteiger partial charge in [0, 0.05) is 61.2 Å². The summed E-state index contributed by atoms with van der Waals surface area (Å²) in [6.45, 7) is 5.55. The summed E-state index contributed by atoms with van der Waals surface area (Å²) in [4.78, 5) is 39.8. The quantitative estimate of drug-likeness (QED) is 0.115. The number of hydrogen-bond donors (Lipinski definition) is 6. The van der Waals surface area contributed by atoms with Crippen molar-refractivity contribution in [2.75, 3.05) is 45.8 Å². The first-order valence-corrected chi connectivity index (χ1v) is 22.2. The summed E-state index contributed by atoms with van der Waals surface area (Å²) < 4.78 is 32.6. The smallest absolute Gasteiger partial charge is 0.342 e. The van der Waals surface area contributed by atoms with Crippen LogP contribution in [0.5, 0.6) is 0 Å². The highest BCUT2D eigenvalue weighted by atomic mass is 28.1. The van der Waals surface area contributed by atoms with Crippen molar-refractivity contribution >= 4 is 28.2 Å². The van der Waals surface area contributed by atoms with E-state index in [2.05, 4.69) is 43.2 Å². The van der Waals surface area contributed by atoms with Crippen LogP contribution in [0.2, 0.25) is 5.54 Å². The van der Waals surface area contributed by atoms with Gasteiger partial charge in [-0.3, -0.25) is 9.69 Å². The maximum Gasteiger partial charge on any atom is 0.342 e. The molecule has 6 saturated carbocycles. The summed E-state index contributed by atoms with van der Waals surface area (Å²) in [7, 11) is 3.54. The van der Waals surface area contributed by atoms with E-state index < -0.39 is 46.6 Å². The minimum atomic E-state index is -2.42. The van der Waals surface area contributed by atoms with Gasteiger partial charge >= 0.3 is 17.9 Å². The molecule has 3 radical (unpaired) electrons. The number of hydrogen-bond acceptors (Lipinski definition) is 7. The lowest BCUT2D eigenvalue weighted by molar-refractivity contribution is -0.661. The van der Waals surface area contributed by atoms with Crippen molar-refractivity contribution in [2.24, 2.45) is 70.0 Å². The lowest BCUT2D eigenvalue weighted by Crippen LogP contribution is -3.10. The average molecular weight is 814 g/mol. The van der Waals surface area contributed by atoms with Crippen LogP contribution in [0.25, 0.3) is 0 Å². The minimum absolute atomic E-state index is 0.167. The molecule has 13 heteroatoms. The molecule has 4 unspecified atom stereocenters. The van der Waals surface area contributed by atoms with Gasteiger partial charge in [0.2, 0.25) is 11.3 Å². The molecular weight excluding hydrogens is 759 g/mol. The van der Waals surface area contributed by atoms with Gasteiger partial charge < -0.3 is 31.3 Å². The molecule has 9 fully saturated rings. The van der Waals surface area contributed by atoms with Crippen molar-refractivity contribution in [1.82, 2.24) is 20.9 Å². The van der Waals surface area contributed by atoms with E-state index in [4.69, 9.17) is 0 Å². The van der Waals surface area contributed by atoms with E-state index >= 15 is 8.78 Å². The van der Waals surface area contributed by atoms with E-state index in [9.17, 15) is 29.7 Å². The fourth-order valence-electron chi connectivity index (χ4n) is 15.2. The van der Waals surface area contributed by atoms with E-state index in [1.807, 2.05) is 36.4 Å². The molecular formula is C45H55F2N4O6Si. The minimum Gasteiger partial charge on any atom is -0.481 e. The van der Waals surface area contributed by atoms with E-state index in [1.54, 1.807) is 0 Å². The first-order valence-electron chi connectivity index (χ1n) is 21.6. The summed E-state index contributed by atoms with van der Waals surface area (Å²) in [6, 6.07) is 15.7. The summed E-state index contributed by atoms with van der Waals surface area (Å²) in [6.07, 6.45) is 2.66. The molecule has 0 amide bonds. The molecule has 3 saturated heterocycles. The molecule has 0 aromatic heterocycles. The van der Waals surface area contributed by atoms with Crippen molar-refractivity contribution in [3.8, 4) is 0 Å². The fourth-order valence-corrected chi connectivity index (χ4v) is 15.8. The highest BCUT2D eigenvalue weighted by molar-refractivity contribution is 6.15. The van der Waals surface area contributed by atoms with Crippen molar-refractivity contribution < 1.29 is 38.5 Å². The normalized spacial score (nSPS) is 38.9. The van der Waals surface area contributed by atoms with Crippen LogP contribution in [0.4, 0.5) is 8.78 Å². The Labute approximate surface area is 341 Å². The fraction of sp³-hybridized carbons (Fsp3) is 0.667. The highest BCUT2D eigenvalue weighted by Gasteiger charge is 3.09. The van der Waals surface area contributed by atoms with Crippen LogP contribution in [0, 0.1) is 70.0 Å². The summed E-state index contributed by atoms with van der Waals surface area (Å²) in [5.41, 5.74) is -1.86. The first-order chi connectivity index (χ1) is 27.8. The lowest BCUT2D eigenvalue weighted by atomic mass is 8.91. The van der Waals surface area contributed by atoms with Crippen LogP contribution in [0.1, 0.15) is 47.9 Å². The second-order valence-electron chi connectivity index (χ2n) is 19.6. The van der Waals surface area contributed by atoms with Gasteiger partial charge in [0.05, 0.1) is 5.92 Å². The molecule has 3 aliphatic heterocycles.